The van der Waals surface area contributed by atoms with Crippen molar-refractivity contribution in [1.29, 1.82) is 0 Å². The van der Waals surface area contributed by atoms with Crippen LogP contribution in [0.25, 0.3) is 0 Å². The van der Waals surface area contributed by atoms with Crippen LogP contribution in [0.2, 0.25) is 0 Å². The Morgan fingerprint density at radius 1 is 1.44 bits per heavy atom. The number of anilines is 1. The van der Waals surface area contributed by atoms with Crippen molar-refractivity contribution in [2.24, 2.45) is 5.73 Å². The fraction of sp³-hybridized carbons (Fsp3) is 0.300. The lowest BCUT2D eigenvalue weighted by molar-refractivity contribution is 0.177. The summed E-state index contributed by atoms with van der Waals surface area (Å²) in [5, 5.41) is 0. The van der Waals surface area contributed by atoms with Crippen LogP contribution in [0.5, 0.6) is 0 Å². The van der Waals surface area contributed by atoms with E-state index >= 15 is 0 Å². The Bertz CT molecular complexity index is 542. The molecule has 4 N–H and O–H groups in total. The molecule has 1 aromatic carbocycles. The molecule has 0 radical (unpaired) electrons. The average Bonchev–Trinajstić information content (AvgIpc) is 2.28. The number of ether oxygens (including phenoxy) is 1. The highest BCUT2D eigenvalue weighted by Gasteiger charge is 2.16. The van der Waals surface area contributed by atoms with Crippen LogP contribution >= 0.6 is 0 Å². The highest BCUT2D eigenvalue weighted by molar-refractivity contribution is 7.91. The quantitative estimate of drug-likeness (QED) is 0.738. The van der Waals surface area contributed by atoms with Crippen molar-refractivity contribution in [1.82, 2.24) is 4.72 Å². The Morgan fingerprint density at radius 2 is 2.11 bits per heavy atom. The summed E-state index contributed by atoms with van der Waals surface area (Å²) in [7, 11) is -2.95. The van der Waals surface area contributed by atoms with E-state index in [-0.39, 0.29) is 6.54 Å². The number of nitrogens with two attached hydrogens (primary N) is 1. The van der Waals surface area contributed by atoms with Crippen LogP contribution < -0.4 is 15.2 Å². The first-order valence-electron chi connectivity index (χ1n) is 5.06. The van der Waals surface area contributed by atoms with E-state index in [0.717, 1.165) is 12.7 Å². The smallest absolute Gasteiger partial charge is 0.422 e. The molecular weight excluding hydrogens is 258 g/mol. The molecule has 0 atom stereocenters. The van der Waals surface area contributed by atoms with E-state index in [1.165, 1.54) is 0 Å². The molecule has 1 rings (SSSR count). The van der Waals surface area contributed by atoms with Crippen molar-refractivity contribution >= 4 is 22.0 Å². The molecule has 0 fully saturated rings. The lowest BCUT2D eigenvalue weighted by atomic mass is 10.1. The number of methoxy groups -OCH3 is 1. The minimum absolute atomic E-state index is 0.183. The van der Waals surface area contributed by atoms with Gasteiger partial charge < -0.3 is 10.5 Å². The van der Waals surface area contributed by atoms with Gasteiger partial charge in [0.1, 0.15) is 0 Å². The Hall–Kier alpha value is -1.80. The Balaban J connectivity index is 2.97. The summed E-state index contributed by atoms with van der Waals surface area (Å²) in [5.74, 6) is 0. The van der Waals surface area contributed by atoms with Crippen molar-refractivity contribution in [3.8, 4) is 0 Å². The minimum Gasteiger partial charge on any atom is -0.452 e. The number of aryl methyl sites for hydroxylation is 1. The zero-order chi connectivity index (χ0) is 13.8. The van der Waals surface area contributed by atoms with Gasteiger partial charge in [-0.2, -0.15) is 8.42 Å². The molecule has 8 heteroatoms. The first-order valence-corrected chi connectivity index (χ1v) is 6.55. The van der Waals surface area contributed by atoms with Crippen molar-refractivity contribution in [3.05, 3.63) is 29.3 Å². The van der Waals surface area contributed by atoms with E-state index in [2.05, 4.69) is 9.46 Å². The lowest BCUT2D eigenvalue weighted by Crippen LogP contribution is -2.35. The Morgan fingerprint density at radius 3 is 2.67 bits per heavy atom. The van der Waals surface area contributed by atoms with E-state index < -0.39 is 16.3 Å². The van der Waals surface area contributed by atoms with Crippen LogP contribution in [0.15, 0.2) is 18.2 Å². The molecule has 1 aromatic rings. The molecule has 0 saturated carbocycles. The van der Waals surface area contributed by atoms with Gasteiger partial charge in [0.15, 0.2) is 0 Å². The predicted octanol–water partition coefficient (Wildman–Crippen LogP) is 0.466. The molecule has 0 aromatic heterocycles. The van der Waals surface area contributed by atoms with Gasteiger partial charge in [-0.1, -0.05) is 12.1 Å². The number of carbonyl (C=O) groups is 1. The highest BCUT2D eigenvalue weighted by Crippen LogP contribution is 2.19. The van der Waals surface area contributed by atoms with Gasteiger partial charge in [0, 0.05) is 6.54 Å². The number of carbonyl (C=O) groups excluding carboxylic acids is 1. The molecule has 0 aliphatic heterocycles. The first-order chi connectivity index (χ1) is 8.39. The van der Waals surface area contributed by atoms with Crippen molar-refractivity contribution < 1.29 is 17.9 Å². The third-order valence-corrected chi connectivity index (χ3v) is 3.19. The zero-order valence-electron chi connectivity index (χ0n) is 10.1. The largest absolute Gasteiger partial charge is 0.452 e. The molecule has 0 aliphatic carbocycles. The first kappa shape index (κ1) is 14.3. The summed E-state index contributed by atoms with van der Waals surface area (Å²) < 4.78 is 31.3. The number of amides is 1. The van der Waals surface area contributed by atoms with Crippen LogP contribution in [-0.4, -0.2) is 21.6 Å². The van der Waals surface area contributed by atoms with E-state index in [0.29, 0.717) is 11.3 Å². The summed E-state index contributed by atoms with van der Waals surface area (Å²) in [6.07, 6.45) is -1.07. The second kappa shape index (κ2) is 5.69. The molecule has 1 amide bonds. The van der Waals surface area contributed by atoms with E-state index in [1.807, 2.05) is 13.0 Å². The van der Waals surface area contributed by atoms with Crippen molar-refractivity contribution in [3.63, 3.8) is 0 Å². The molecule has 100 valence electrons. The molecule has 0 unspecified atom stereocenters. The summed E-state index contributed by atoms with van der Waals surface area (Å²) in [4.78, 5) is 10.9. The molecular formula is C10H15N3O4S. The van der Waals surface area contributed by atoms with E-state index in [4.69, 9.17) is 5.73 Å². The average molecular weight is 273 g/mol. The van der Waals surface area contributed by atoms with Crippen LogP contribution in [0.3, 0.4) is 0 Å². The molecule has 0 aliphatic rings. The van der Waals surface area contributed by atoms with Gasteiger partial charge in [-0.3, -0.25) is 4.72 Å². The fourth-order valence-corrected chi connectivity index (χ4v) is 2.23. The third-order valence-electron chi connectivity index (χ3n) is 2.26. The monoisotopic (exact) mass is 273 g/mol. The molecule has 0 bridgehead atoms. The second-order valence-corrected chi connectivity index (χ2v) is 4.92. The summed E-state index contributed by atoms with van der Waals surface area (Å²) in [5.41, 5.74) is 7.40. The third kappa shape index (κ3) is 3.60. The van der Waals surface area contributed by atoms with E-state index in [1.54, 1.807) is 16.9 Å². The maximum absolute atomic E-state index is 11.6. The SMILES string of the molecule is COC(=O)NS(=O)(=O)Nc1cccc(C)c1CN. The van der Waals surface area contributed by atoms with Gasteiger partial charge in [0.25, 0.3) is 0 Å². The van der Waals surface area contributed by atoms with Gasteiger partial charge in [-0.15, -0.1) is 0 Å². The molecule has 0 saturated heterocycles. The van der Waals surface area contributed by atoms with Crippen molar-refractivity contribution in [2.45, 2.75) is 13.5 Å². The number of benzene rings is 1. The molecule has 0 heterocycles. The van der Waals surface area contributed by atoms with Crippen LogP contribution in [-0.2, 0) is 21.5 Å². The number of nitrogens with one attached hydrogen (secondary N) is 2. The second-order valence-electron chi connectivity index (χ2n) is 3.50. The Labute approximate surface area is 106 Å². The molecule has 18 heavy (non-hydrogen) atoms. The van der Waals surface area contributed by atoms with Crippen LogP contribution in [0.1, 0.15) is 11.1 Å². The van der Waals surface area contributed by atoms with E-state index in [9.17, 15) is 13.2 Å². The molecule has 0 spiro atoms. The topological polar surface area (TPSA) is 111 Å². The highest BCUT2D eigenvalue weighted by atomic mass is 32.2. The summed E-state index contributed by atoms with van der Waals surface area (Å²) in [6, 6.07) is 5.06. The van der Waals surface area contributed by atoms with Gasteiger partial charge in [-0.05, 0) is 24.1 Å². The zero-order valence-corrected chi connectivity index (χ0v) is 10.9. The molecule has 7 nitrogen and oxygen atoms in total. The maximum atomic E-state index is 11.6. The fourth-order valence-electron chi connectivity index (χ4n) is 1.39. The normalized spacial score (nSPS) is 10.8. The van der Waals surface area contributed by atoms with Gasteiger partial charge in [-0.25, -0.2) is 9.52 Å². The summed E-state index contributed by atoms with van der Waals surface area (Å²) in [6.45, 7) is 2.00. The van der Waals surface area contributed by atoms with Gasteiger partial charge in [0.05, 0.1) is 12.8 Å². The van der Waals surface area contributed by atoms with Crippen LogP contribution in [0.4, 0.5) is 10.5 Å². The summed E-state index contributed by atoms with van der Waals surface area (Å²) >= 11 is 0. The standard InChI is InChI=1S/C10H15N3O4S/c1-7-4-3-5-9(8(7)6-11)12-18(15,16)13-10(14)17-2/h3-5,12H,6,11H2,1-2H3,(H,13,14). The minimum atomic E-state index is -4.03. The van der Waals surface area contributed by atoms with Crippen LogP contribution in [0, 0.1) is 6.92 Å². The van der Waals surface area contributed by atoms with Gasteiger partial charge >= 0.3 is 16.3 Å². The number of hydrogen-bond acceptors (Lipinski definition) is 5. The van der Waals surface area contributed by atoms with Crippen molar-refractivity contribution in [2.75, 3.05) is 11.8 Å². The number of rotatable bonds is 4. The predicted molar refractivity (Wildman–Crippen MR) is 67.2 cm³/mol. The van der Waals surface area contributed by atoms with Gasteiger partial charge in [0.2, 0.25) is 0 Å². The Kier molecular flexibility index (Phi) is 4.51. The number of hydrogen-bond donors (Lipinski definition) is 3. The maximum Gasteiger partial charge on any atom is 0.422 e. The lowest BCUT2D eigenvalue weighted by Gasteiger charge is -2.13.